The number of hydrogen-bond donors (Lipinski definition) is 2. The maximum atomic E-state index is 11.0. The van der Waals surface area contributed by atoms with Gasteiger partial charge in [-0.05, 0) is 41.8 Å². The van der Waals surface area contributed by atoms with E-state index < -0.39 is 5.97 Å². The molecular weight excluding hydrogens is 280 g/mol. The summed E-state index contributed by atoms with van der Waals surface area (Å²) in [7, 11) is 1.61. The molecule has 110 valence electrons. The van der Waals surface area contributed by atoms with E-state index in [1.807, 2.05) is 24.3 Å². The highest BCUT2D eigenvalue weighted by atomic mass is 16.5. The molecule has 3 aromatic rings. The average Bonchev–Trinajstić information content (AvgIpc) is 2.55. The van der Waals surface area contributed by atoms with Gasteiger partial charge in [0.25, 0.3) is 0 Å². The van der Waals surface area contributed by atoms with Crippen LogP contribution in [0.25, 0.3) is 10.8 Å². The van der Waals surface area contributed by atoms with Crippen molar-refractivity contribution in [1.29, 1.82) is 0 Å². The van der Waals surface area contributed by atoms with Crippen molar-refractivity contribution < 1.29 is 14.6 Å². The summed E-state index contributed by atoms with van der Waals surface area (Å²) in [4.78, 5) is 15.4. The Balaban J connectivity index is 2.03. The number of hydrogen-bond acceptors (Lipinski definition) is 4. The number of carboxylic acids is 1. The van der Waals surface area contributed by atoms with E-state index in [-0.39, 0.29) is 5.56 Å². The quantitative estimate of drug-likeness (QED) is 0.768. The van der Waals surface area contributed by atoms with Crippen LogP contribution >= 0.6 is 0 Å². The molecule has 22 heavy (non-hydrogen) atoms. The lowest BCUT2D eigenvalue weighted by Gasteiger charge is -2.10. The van der Waals surface area contributed by atoms with E-state index in [2.05, 4.69) is 10.3 Å². The van der Waals surface area contributed by atoms with Crippen LogP contribution in [0.15, 0.2) is 54.7 Å². The van der Waals surface area contributed by atoms with Gasteiger partial charge in [-0.25, -0.2) is 9.78 Å². The monoisotopic (exact) mass is 294 g/mol. The van der Waals surface area contributed by atoms with E-state index in [4.69, 9.17) is 9.84 Å². The molecule has 5 heteroatoms. The smallest absolute Gasteiger partial charge is 0.335 e. The number of carbonyl (C=O) groups is 1. The lowest BCUT2D eigenvalue weighted by atomic mass is 10.1. The number of pyridine rings is 1. The maximum absolute atomic E-state index is 11.0. The fraction of sp³-hybridized carbons (Fsp3) is 0.0588. The van der Waals surface area contributed by atoms with E-state index in [1.54, 1.807) is 37.6 Å². The van der Waals surface area contributed by atoms with Crippen LogP contribution in [0.4, 0.5) is 11.5 Å². The number of carboxylic acid groups (broad SMARTS) is 1. The number of ether oxygens (including phenoxy) is 1. The summed E-state index contributed by atoms with van der Waals surface area (Å²) >= 11 is 0. The van der Waals surface area contributed by atoms with Gasteiger partial charge in [-0.1, -0.05) is 12.1 Å². The van der Waals surface area contributed by atoms with Crippen molar-refractivity contribution in [3.63, 3.8) is 0 Å². The zero-order valence-electron chi connectivity index (χ0n) is 11.9. The fourth-order valence-electron chi connectivity index (χ4n) is 2.24. The predicted molar refractivity (Wildman–Crippen MR) is 85.0 cm³/mol. The molecule has 0 spiro atoms. The van der Waals surface area contributed by atoms with Gasteiger partial charge in [-0.15, -0.1) is 0 Å². The van der Waals surface area contributed by atoms with Gasteiger partial charge in [-0.2, -0.15) is 0 Å². The number of aromatic nitrogens is 1. The van der Waals surface area contributed by atoms with Gasteiger partial charge < -0.3 is 15.2 Å². The minimum absolute atomic E-state index is 0.225. The van der Waals surface area contributed by atoms with Crippen LogP contribution in [0, 0.1) is 0 Å². The molecule has 2 aromatic carbocycles. The van der Waals surface area contributed by atoms with Gasteiger partial charge in [0, 0.05) is 17.3 Å². The van der Waals surface area contributed by atoms with Crippen molar-refractivity contribution in [2.45, 2.75) is 0 Å². The third-order valence-electron chi connectivity index (χ3n) is 3.35. The molecule has 0 bridgehead atoms. The van der Waals surface area contributed by atoms with Gasteiger partial charge in [0.15, 0.2) is 0 Å². The second-order valence-electron chi connectivity index (χ2n) is 4.76. The Morgan fingerprint density at radius 1 is 1.18 bits per heavy atom. The van der Waals surface area contributed by atoms with E-state index in [0.29, 0.717) is 11.5 Å². The van der Waals surface area contributed by atoms with Crippen molar-refractivity contribution >= 4 is 28.2 Å². The largest absolute Gasteiger partial charge is 0.497 e. The topological polar surface area (TPSA) is 71.5 Å². The number of methoxy groups -OCH3 is 1. The number of nitrogens with zero attached hydrogens (tertiary/aromatic N) is 1. The van der Waals surface area contributed by atoms with Gasteiger partial charge in [-0.3, -0.25) is 0 Å². The van der Waals surface area contributed by atoms with Gasteiger partial charge >= 0.3 is 5.97 Å². The normalized spacial score (nSPS) is 10.4. The number of aromatic carboxylic acids is 1. The Hall–Kier alpha value is -3.08. The molecule has 0 atom stereocenters. The molecule has 0 aliphatic carbocycles. The summed E-state index contributed by atoms with van der Waals surface area (Å²) in [6.45, 7) is 0. The molecule has 0 aliphatic rings. The number of rotatable bonds is 4. The van der Waals surface area contributed by atoms with E-state index >= 15 is 0 Å². The predicted octanol–water partition coefficient (Wildman–Crippen LogP) is 3.69. The van der Waals surface area contributed by atoms with Crippen molar-refractivity contribution in [1.82, 2.24) is 4.98 Å². The molecule has 1 aromatic heterocycles. The molecule has 1 heterocycles. The second-order valence-corrected chi connectivity index (χ2v) is 4.76. The van der Waals surface area contributed by atoms with E-state index in [1.165, 1.54) is 0 Å². The molecule has 0 aliphatic heterocycles. The highest BCUT2D eigenvalue weighted by molar-refractivity contribution is 5.95. The minimum Gasteiger partial charge on any atom is -0.497 e. The van der Waals surface area contributed by atoms with Crippen LogP contribution in [-0.4, -0.2) is 23.2 Å². The average molecular weight is 294 g/mol. The molecule has 0 fully saturated rings. The molecule has 2 N–H and O–H groups in total. The molecule has 0 unspecified atom stereocenters. The zero-order chi connectivity index (χ0) is 15.5. The summed E-state index contributed by atoms with van der Waals surface area (Å²) in [5.41, 5.74) is 0.894. The fourth-order valence-corrected chi connectivity index (χ4v) is 2.24. The molecule has 0 radical (unpaired) electrons. The minimum atomic E-state index is -0.962. The van der Waals surface area contributed by atoms with Crippen LogP contribution in [0.5, 0.6) is 5.75 Å². The van der Waals surface area contributed by atoms with Crippen LogP contribution < -0.4 is 10.1 Å². The third kappa shape index (κ3) is 2.69. The zero-order valence-corrected chi connectivity index (χ0v) is 11.9. The molecule has 3 rings (SSSR count). The third-order valence-corrected chi connectivity index (χ3v) is 3.35. The lowest BCUT2D eigenvalue weighted by molar-refractivity contribution is 0.0697. The number of nitrogens with one attached hydrogen (secondary N) is 1. The summed E-state index contributed by atoms with van der Waals surface area (Å²) in [6.07, 6.45) is 1.71. The van der Waals surface area contributed by atoms with Crippen LogP contribution in [0.2, 0.25) is 0 Å². The Kier molecular flexibility index (Phi) is 3.62. The van der Waals surface area contributed by atoms with Crippen molar-refractivity contribution in [3.05, 3.63) is 60.3 Å². The van der Waals surface area contributed by atoms with Crippen LogP contribution in [0.1, 0.15) is 10.4 Å². The Labute approximate surface area is 127 Å². The Morgan fingerprint density at radius 3 is 2.82 bits per heavy atom. The summed E-state index contributed by atoms with van der Waals surface area (Å²) in [5.74, 6) is 0.429. The molecular formula is C17H14N2O3. The van der Waals surface area contributed by atoms with Gasteiger partial charge in [0.1, 0.15) is 11.6 Å². The highest BCUT2D eigenvalue weighted by Gasteiger charge is 2.07. The first-order chi connectivity index (χ1) is 10.7. The summed E-state index contributed by atoms with van der Waals surface area (Å²) in [5, 5.41) is 14.1. The highest BCUT2D eigenvalue weighted by Crippen LogP contribution is 2.28. The van der Waals surface area contributed by atoms with Crippen molar-refractivity contribution in [2.24, 2.45) is 0 Å². The van der Waals surface area contributed by atoms with Gasteiger partial charge in [0.2, 0.25) is 0 Å². The lowest BCUT2D eigenvalue weighted by Crippen LogP contribution is -1.99. The molecule has 5 nitrogen and oxygen atoms in total. The molecule has 0 saturated carbocycles. The molecule has 0 amide bonds. The first-order valence-corrected chi connectivity index (χ1v) is 6.70. The Bertz CT molecular complexity index is 846. The van der Waals surface area contributed by atoms with Gasteiger partial charge in [0.05, 0.1) is 12.7 Å². The first kappa shape index (κ1) is 13.9. The number of anilines is 2. The van der Waals surface area contributed by atoms with Crippen LogP contribution in [-0.2, 0) is 0 Å². The molecule has 0 saturated heterocycles. The summed E-state index contributed by atoms with van der Waals surface area (Å²) in [6, 6.07) is 14.3. The number of fused-ring (bicyclic) bond motifs is 1. The van der Waals surface area contributed by atoms with E-state index in [9.17, 15) is 4.79 Å². The second kappa shape index (κ2) is 5.73. The van der Waals surface area contributed by atoms with Crippen LogP contribution in [0.3, 0.4) is 0 Å². The van der Waals surface area contributed by atoms with E-state index in [0.717, 1.165) is 16.5 Å². The van der Waals surface area contributed by atoms with Crippen molar-refractivity contribution in [2.75, 3.05) is 12.4 Å². The number of benzene rings is 2. The van der Waals surface area contributed by atoms with Crippen molar-refractivity contribution in [3.8, 4) is 5.75 Å². The maximum Gasteiger partial charge on any atom is 0.335 e. The SMILES string of the molecule is COc1ccc2ccnc(Nc3cccc(C(=O)O)c3)c2c1. The first-order valence-electron chi connectivity index (χ1n) is 6.70. The Morgan fingerprint density at radius 2 is 2.05 bits per heavy atom. The summed E-state index contributed by atoms with van der Waals surface area (Å²) < 4.78 is 5.24. The standard InChI is InChI=1S/C17H14N2O3/c1-22-14-6-5-11-7-8-18-16(15(11)10-14)19-13-4-2-3-12(9-13)17(20)21/h2-10H,1H3,(H,18,19)(H,20,21).